The van der Waals surface area contributed by atoms with Crippen LogP contribution in [0.1, 0.15) is 20.3 Å². The standard InChI is InChI=1S/C15H15NO6/c1-7-8(2)14(22-13(7)18)21-6-10-9-4-3-5-11(9)16(12(10)17)15(19)20/h3,5-6,9,11,14H,4H2,1-2H3,(H,19,20)/b10-6+/t9-,11-,14?/m1/s1. The molecule has 1 unspecified atom stereocenters. The van der Waals surface area contributed by atoms with Crippen LogP contribution in [-0.4, -0.2) is 40.3 Å². The molecule has 116 valence electrons. The van der Waals surface area contributed by atoms with Gasteiger partial charge in [-0.3, -0.25) is 4.79 Å². The van der Waals surface area contributed by atoms with Crippen LogP contribution in [0.2, 0.25) is 0 Å². The molecule has 0 aromatic rings. The highest BCUT2D eigenvalue weighted by Crippen LogP contribution is 2.38. The van der Waals surface area contributed by atoms with Gasteiger partial charge in [-0.05, 0) is 20.3 Å². The van der Waals surface area contributed by atoms with Gasteiger partial charge >= 0.3 is 12.1 Å². The maximum absolute atomic E-state index is 12.2. The van der Waals surface area contributed by atoms with E-state index in [4.69, 9.17) is 14.6 Å². The van der Waals surface area contributed by atoms with Crippen molar-refractivity contribution in [2.45, 2.75) is 32.6 Å². The normalized spacial score (nSPS) is 32.0. The Kier molecular flexibility index (Phi) is 3.27. The number of hydrogen-bond donors (Lipinski definition) is 1. The van der Waals surface area contributed by atoms with Crippen molar-refractivity contribution in [1.82, 2.24) is 4.90 Å². The zero-order valence-electron chi connectivity index (χ0n) is 12.1. The number of allylic oxidation sites excluding steroid dienone is 1. The van der Waals surface area contributed by atoms with Crippen LogP contribution in [-0.2, 0) is 19.1 Å². The van der Waals surface area contributed by atoms with E-state index in [0.29, 0.717) is 17.6 Å². The maximum atomic E-state index is 12.2. The van der Waals surface area contributed by atoms with E-state index in [1.807, 2.05) is 6.08 Å². The highest BCUT2D eigenvalue weighted by Gasteiger charge is 2.48. The number of esters is 1. The number of nitrogens with zero attached hydrogens (tertiary/aromatic N) is 1. The molecule has 2 aliphatic heterocycles. The SMILES string of the molecule is CC1=C(C)C(O/C=C2/C(=O)N(C(=O)O)[C@@H]3C=CC[C@H]23)OC1=O. The average molecular weight is 305 g/mol. The van der Waals surface area contributed by atoms with Gasteiger partial charge in [-0.25, -0.2) is 14.5 Å². The Morgan fingerprint density at radius 2 is 2.18 bits per heavy atom. The van der Waals surface area contributed by atoms with E-state index in [9.17, 15) is 14.4 Å². The lowest BCUT2D eigenvalue weighted by Crippen LogP contribution is -2.37. The Balaban J connectivity index is 1.82. The molecular formula is C15H15NO6. The summed E-state index contributed by atoms with van der Waals surface area (Å²) in [5.74, 6) is -1.29. The first kappa shape index (κ1) is 14.4. The summed E-state index contributed by atoms with van der Waals surface area (Å²) < 4.78 is 10.4. The molecule has 2 amide bonds. The van der Waals surface area contributed by atoms with Crippen LogP contribution in [0, 0.1) is 5.92 Å². The molecule has 0 saturated carbocycles. The molecule has 1 saturated heterocycles. The molecule has 3 aliphatic rings. The molecule has 3 atom stereocenters. The molecule has 1 fully saturated rings. The van der Waals surface area contributed by atoms with Crippen molar-refractivity contribution in [2.75, 3.05) is 0 Å². The van der Waals surface area contributed by atoms with Gasteiger partial charge < -0.3 is 14.6 Å². The number of fused-ring (bicyclic) bond motifs is 1. The molecule has 7 nitrogen and oxygen atoms in total. The second-order valence-electron chi connectivity index (χ2n) is 5.47. The number of carboxylic acid groups (broad SMARTS) is 1. The summed E-state index contributed by atoms with van der Waals surface area (Å²) in [5.41, 5.74) is 1.41. The van der Waals surface area contributed by atoms with Crippen LogP contribution in [0.15, 0.2) is 35.1 Å². The Morgan fingerprint density at radius 3 is 2.77 bits per heavy atom. The number of imide groups is 1. The zero-order valence-corrected chi connectivity index (χ0v) is 12.1. The van der Waals surface area contributed by atoms with Crippen LogP contribution < -0.4 is 0 Å². The second kappa shape index (κ2) is 5.01. The molecule has 22 heavy (non-hydrogen) atoms. The molecule has 0 aromatic carbocycles. The smallest absolute Gasteiger partial charge is 0.414 e. The van der Waals surface area contributed by atoms with Crippen molar-refractivity contribution in [3.05, 3.63) is 35.1 Å². The predicted octanol–water partition coefficient (Wildman–Crippen LogP) is 1.57. The minimum atomic E-state index is -1.28. The minimum absolute atomic E-state index is 0.244. The van der Waals surface area contributed by atoms with Crippen LogP contribution in [0.5, 0.6) is 0 Å². The van der Waals surface area contributed by atoms with Gasteiger partial charge in [0.2, 0.25) is 0 Å². The lowest BCUT2D eigenvalue weighted by atomic mass is 9.98. The summed E-state index contributed by atoms with van der Waals surface area (Å²) in [4.78, 5) is 35.7. The van der Waals surface area contributed by atoms with E-state index in [1.54, 1.807) is 19.9 Å². The largest absolute Gasteiger partial charge is 0.465 e. The zero-order chi connectivity index (χ0) is 16.0. The number of carbonyl (C=O) groups excluding carboxylic acids is 2. The molecule has 3 rings (SSSR count). The Hall–Kier alpha value is -2.57. The topological polar surface area (TPSA) is 93.1 Å². The number of rotatable bonds is 2. The van der Waals surface area contributed by atoms with Crippen molar-refractivity contribution in [2.24, 2.45) is 5.92 Å². The molecule has 0 spiro atoms. The van der Waals surface area contributed by atoms with E-state index in [-0.39, 0.29) is 11.5 Å². The first-order chi connectivity index (χ1) is 10.4. The second-order valence-corrected chi connectivity index (χ2v) is 5.47. The maximum Gasteiger partial charge on any atom is 0.414 e. The fraction of sp³-hybridized carbons (Fsp3) is 0.400. The number of hydrogen-bond acceptors (Lipinski definition) is 5. The van der Waals surface area contributed by atoms with Crippen molar-refractivity contribution < 1.29 is 29.0 Å². The van der Waals surface area contributed by atoms with Crippen LogP contribution in [0.3, 0.4) is 0 Å². The van der Waals surface area contributed by atoms with Crippen molar-refractivity contribution in [3.63, 3.8) is 0 Å². The van der Waals surface area contributed by atoms with Gasteiger partial charge in [0.25, 0.3) is 12.2 Å². The van der Waals surface area contributed by atoms with Crippen molar-refractivity contribution in [1.29, 1.82) is 0 Å². The third-order valence-electron chi connectivity index (χ3n) is 4.29. The number of cyclic esters (lactones) is 1. The number of likely N-dealkylation sites (tertiary alicyclic amines) is 1. The molecule has 0 aromatic heterocycles. The first-order valence-electron chi connectivity index (χ1n) is 6.89. The summed E-state index contributed by atoms with van der Waals surface area (Å²) in [7, 11) is 0. The van der Waals surface area contributed by atoms with E-state index in [1.165, 1.54) is 6.26 Å². The van der Waals surface area contributed by atoms with E-state index in [0.717, 1.165) is 4.90 Å². The molecule has 7 heteroatoms. The Labute approximate surface area is 126 Å². The highest BCUT2D eigenvalue weighted by molar-refractivity contribution is 6.05. The average Bonchev–Trinajstić information content (AvgIpc) is 3.07. The Bertz CT molecular complexity index is 659. The predicted molar refractivity (Wildman–Crippen MR) is 73.3 cm³/mol. The molecule has 0 radical (unpaired) electrons. The van der Waals surface area contributed by atoms with Crippen LogP contribution >= 0.6 is 0 Å². The van der Waals surface area contributed by atoms with Gasteiger partial charge in [-0.2, -0.15) is 0 Å². The first-order valence-corrected chi connectivity index (χ1v) is 6.89. The fourth-order valence-electron chi connectivity index (χ4n) is 2.88. The van der Waals surface area contributed by atoms with Crippen molar-refractivity contribution >= 4 is 18.0 Å². The van der Waals surface area contributed by atoms with Gasteiger partial charge in [0.05, 0.1) is 17.9 Å². The van der Waals surface area contributed by atoms with Gasteiger partial charge in [-0.15, -0.1) is 0 Å². The molecule has 2 heterocycles. The molecule has 1 N–H and O–H groups in total. The summed E-state index contributed by atoms with van der Waals surface area (Å²) in [5, 5.41) is 9.17. The summed E-state index contributed by atoms with van der Waals surface area (Å²) >= 11 is 0. The van der Waals surface area contributed by atoms with E-state index in [2.05, 4.69) is 0 Å². The van der Waals surface area contributed by atoms with Crippen LogP contribution in [0.25, 0.3) is 0 Å². The Morgan fingerprint density at radius 1 is 1.45 bits per heavy atom. The van der Waals surface area contributed by atoms with Gasteiger partial charge in [0.15, 0.2) is 0 Å². The third-order valence-corrected chi connectivity index (χ3v) is 4.29. The lowest BCUT2D eigenvalue weighted by Gasteiger charge is -2.15. The number of carbonyl (C=O) groups is 3. The van der Waals surface area contributed by atoms with Gasteiger partial charge in [0, 0.05) is 17.1 Å². The highest BCUT2D eigenvalue weighted by atomic mass is 16.7. The minimum Gasteiger partial charge on any atom is -0.465 e. The summed E-state index contributed by atoms with van der Waals surface area (Å²) in [6.07, 6.45) is 3.22. The quantitative estimate of drug-likeness (QED) is 0.360. The van der Waals surface area contributed by atoms with Crippen LogP contribution in [0.4, 0.5) is 4.79 Å². The molecule has 0 bridgehead atoms. The summed E-state index contributed by atoms with van der Waals surface area (Å²) in [6.45, 7) is 3.35. The number of amides is 2. The van der Waals surface area contributed by atoms with Gasteiger partial charge in [0.1, 0.15) is 0 Å². The van der Waals surface area contributed by atoms with Crippen molar-refractivity contribution in [3.8, 4) is 0 Å². The lowest BCUT2D eigenvalue weighted by molar-refractivity contribution is -0.153. The van der Waals surface area contributed by atoms with E-state index >= 15 is 0 Å². The summed E-state index contributed by atoms with van der Waals surface area (Å²) in [6, 6.07) is -0.482. The molecular weight excluding hydrogens is 290 g/mol. The van der Waals surface area contributed by atoms with Gasteiger partial charge in [-0.1, -0.05) is 12.2 Å². The monoisotopic (exact) mass is 305 g/mol. The third kappa shape index (κ3) is 2.01. The van der Waals surface area contributed by atoms with E-state index < -0.39 is 30.3 Å². The fourth-order valence-corrected chi connectivity index (χ4v) is 2.88. The molecule has 1 aliphatic carbocycles. The number of ether oxygens (including phenoxy) is 2.